The number of hydrogen-bond acceptors (Lipinski definition) is 8. The predicted molar refractivity (Wildman–Crippen MR) is 150 cm³/mol. The number of piperidine rings is 1. The zero-order valence-electron chi connectivity index (χ0n) is 20.1. The van der Waals surface area contributed by atoms with E-state index in [-0.39, 0.29) is 16.7 Å². The highest BCUT2D eigenvalue weighted by Gasteiger charge is 2.36. The predicted octanol–water partition coefficient (Wildman–Crippen LogP) is 4.82. The number of nitrogens with zero attached hydrogens (tertiary/aromatic N) is 4. The van der Waals surface area contributed by atoms with Gasteiger partial charge < -0.3 is 4.74 Å². The SMILES string of the molecule is O=C(C1CCCN(S(=O)(=O)c2ccc(Cl)s2)C1)N(CCCN1CCOCC1)c1nc2ccc(Cl)cc2s1. The van der Waals surface area contributed by atoms with Gasteiger partial charge in [0.25, 0.3) is 10.0 Å². The van der Waals surface area contributed by atoms with Crippen molar-refractivity contribution in [2.75, 3.05) is 57.4 Å². The van der Waals surface area contributed by atoms with Crippen molar-refractivity contribution >= 4 is 77.2 Å². The van der Waals surface area contributed by atoms with Crippen molar-refractivity contribution in [2.45, 2.75) is 23.5 Å². The van der Waals surface area contributed by atoms with E-state index in [1.165, 1.54) is 21.7 Å². The van der Waals surface area contributed by atoms with Crippen LogP contribution < -0.4 is 4.90 Å². The summed E-state index contributed by atoms with van der Waals surface area (Å²) in [4.78, 5) is 22.8. The number of ether oxygens (including phenoxy) is 1. The third-order valence-corrected chi connectivity index (χ3v) is 11.5. The highest BCUT2D eigenvalue weighted by atomic mass is 35.5. The lowest BCUT2D eigenvalue weighted by atomic mass is 9.98. The summed E-state index contributed by atoms with van der Waals surface area (Å²) in [6, 6.07) is 8.61. The van der Waals surface area contributed by atoms with Crippen LogP contribution in [0.2, 0.25) is 9.36 Å². The molecule has 1 aromatic carbocycles. The molecule has 4 heterocycles. The molecule has 0 aliphatic carbocycles. The van der Waals surface area contributed by atoms with Crippen molar-refractivity contribution in [1.82, 2.24) is 14.2 Å². The van der Waals surface area contributed by atoms with Gasteiger partial charge in [-0.1, -0.05) is 34.5 Å². The topological polar surface area (TPSA) is 83.1 Å². The number of carbonyl (C=O) groups is 1. The van der Waals surface area contributed by atoms with E-state index in [2.05, 4.69) is 4.90 Å². The Bertz CT molecular complexity index is 1360. The van der Waals surface area contributed by atoms with Crippen molar-refractivity contribution < 1.29 is 17.9 Å². The van der Waals surface area contributed by atoms with Crippen LogP contribution in [0.4, 0.5) is 5.13 Å². The van der Waals surface area contributed by atoms with E-state index in [9.17, 15) is 13.2 Å². The minimum absolute atomic E-state index is 0.0868. The molecule has 3 aromatic rings. The summed E-state index contributed by atoms with van der Waals surface area (Å²) in [5.41, 5.74) is 0.790. The molecule has 2 fully saturated rings. The van der Waals surface area contributed by atoms with Gasteiger partial charge in [-0.25, -0.2) is 13.4 Å². The molecule has 0 spiro atoms. The van der Waals surface area contributed by atoms with Crippen molar-refractivity contribution in [1.29, 1.82) is 0 Å². The molecule has 8 nitrogen and oxygen atoms in total. The molecule has 1 atom stereocenters. The molecule has 1 amide bonds. The maximum Gasteiger partial charge on any atom is 0.252 e. The van der Waals surface area contributed by atoms with Crippen molar-refractivity contribution in [3.63, 3.8) is 0 Å². The first-order valence-electron chi connectivity index (χ1n) is 12.2. The molecule has 0 saturated carbocycles. The minimum atomic E-state index is -3.70. The summed E-state index contributed by atoms with van der Waals surface area (Å²) in [7, 11) is -3.70. The lowest BCUT2D eigenvalue weighted by Gasteiger charge is -2.34. The van der Waals surface area contributed by atoms with Crippen LogP contribution >= 0.6 is 45.9 Å². The fourth-order valence-electron chi connectivity index (χ4n) is 4.73. The van der Waals surface area contributed by atoms with Gasteiger partial charge in [-0.3, -0.25) is 14.6 Å². The second kappa shape index (κ2) is 11.8. The second-order valence-corrected chi connectivity index (χ2v) is 14.5. The summed E-state index contributed by atoms with van der Waals surface area (Å²) in [5, 5.41) is 1.24. The van der Waals surface area contributed by atoms with Crippen LogP contribution in [0.5, 0.6) is 0 Å². The maximum atomic E-state index is 13.9. The number of morpholine rings is 1. The molecule has 13 heteroatoms. The number of carbonyl (C=O) groups excluding carboxylic acids is 1. The number of fused-ring (bicyclic) bond motifs is 1. The molecule has 2 aromatic heterocycles. The fraction of sp³-hybridized carbons (Fsp3) is 0.500. The molecule has 0 N–H and O–H groups in total. The Labute approximate surface area is 234 Å². The first-order chi connectivity index (χ1) is 17.8. The van der Waals surface area contributed by atoms with Gasteiger partial charge in [-0.2, -0.15) is 4.31 Å². The fourth-order valence-corrected chi connectivity index (χ4v) is 9.16. The van der Waals surface area contributed by atoms with Crippen LogP contribution in [0, 0.1) is 5.92 Å². The Hall–Kier alpha value is -1.31. The Morgan fingerprint density at radius 1 is 1.14 bits per heavy atom. The van der Waals surface area contributed by atoms with E-state index in [0.29, 0.717) is 40.4 Å². The molecular formula is C24H28Cl2N4O4S3. The van der Waals surface area contributed by atoms with Crippen molar-refractivity contribution in [3.8, 4) is 0 Å². The number of thiazole rings is 1. The quantitative estimate of drug-likeness (QED) is 0.367. The zero-order chi connectivity index (χ0) is 26.0. The van der Waals surface area contributed by atoms with Gasteiger partial charge in [-0.15, -0.1) is 11.3 Å². The highest BCUT2D eigenvalue weighted by molar-refractivity contribution is 7.91. The van der Waals surface area contributed by atoms with E-state index in [1.807, 2.05) is 12.1 Å². The number of thiophene rings is 1. The average molecular weight is 604 g/mol. The third kappa shape index (κ3) is 6.30. The Balaban J connectivity index is 1.35. The molecule has 2 aliphatic rings. The molecule has 2 aliphatic heterocycles. The van der Waals surface area contributed by atoms with Gasteiger partial charge >= 0.3 is 0 Å². The second-order valence-electron chi connectivity index (χ2n) is 9.17. The van der Waals surface area contributed by atoms with Crippen LogP contribution in [-0.2, 0) is 19.6 Å². The molecule has 37 heavy (non-hydrogen) atoms. The average Bonchev–Trinajstić information content (AvgIpc) is 3.53. The lowest BCUT2D eigenvalue weighted by molar-refractivity contribution is -0.123. The Morgan fingerprint density at radius 2 is 1.95 bits per heavy atom. The molecule has 2 saturated heterocycles. The van der Waals surface area contributed by atoms with E-state index in [4.69, 9.17) is 32.9 Å². The Morgan fingerprint density at radius 3 is 2.70 bits per heavy atom. The van der Waals surface area contributed by atoms with Crippen LogP contribution in [0.25, 0.3) is 10.2 Å². The van der Waals surface area contributed by atoms with Crippen LogP contribution in [0.3, 0.4) is 0 Å². The summed E-state index contributed by atoms with van der Waals surface area (Å²) in [6.45, 7) is 5.12. The first-order valence-corrected chi connectivity index (χ1v) is 16.1. The van der Waals surface area contributed by atoms with Gasteiger partial charge in [0.05, 0.1) is 33.7 Å². The van der Waals surface area contributed by atoms with Crippen LogP contribution in [-0.4, -0.2) is 81.0 Å². The number of anilines is 1. The van der Waals surface area contributed by atoms with Gasteiger partial charge in [0.15, 0.2) is 5.13 Å². The molecule has 200 valence electrons. The zero-order valence-corrected chi connectivity index (χ0v) is 24.1. The summed E-state index contributed by atoms with van der Waals surface area (Å²) >= 11 is 14.6. The van der Waals surface area contributed by atoms with Gasteiger partial charge in [-0.05, 0) is 49.6 Å². The summed E-state index contributed by atoms with van der Waals surface area (Å²) < 4.78 is 34.8. The number of hydrogen-bond donors (Lipinski definition) is 0. The van der Waals surface area contributed by atoms with E-state index in [1.54, 1.807) is 17.0 Å². The monoisotopic (exact) mass is 602 g/mol. The van der Waals surface area contributed by atoms with E-state index < -0.39 is 15.9 Å². The Kier molecular flexibility index (Phi) is 8.72. The van der Waals surface area contributed by atoms with E-state index >= 15 is 0 Å². The van der Waals surface area contributed by atoms with E-state index in [0.717, 1.165) is 60.8 Å². The minimum Gasteiger partial charge on any atom is -0.379 e. The number of amides is 1. The van der Waals surface area contributed by atoms with Gasteiger partial charge in [0.1, 0.15) is 4.21 Å². The number of sulfonamides is 1. The largest absolute Gasteiger partial charge is 0.379 e. The number of aromatic nitrogens is 1. The summed E-state index contributed by atoms with van der Waals surface area (Å²) in [6.07, 6.45) is 2.03. The standard InChI is InChI=1S/C24H28Cl2N4O4S3/c25-18-4-5-19-20(15-18)35-24(27-19)30(10-2-8-28-11-13-34-14-12-28)23(31)17-3-1-9-29(16-17)37(32,33)22-7-6-21(26)36-22/h4-7,15,17H,1-3,8-14,16H2. The number of rotatable bonds is 8. The summed E-state index contributed by atoms with van der Waals surface area (Å²) in [5.74, 6) is -0.533. The van der Waals surface area contributed by atoms with Crippen molar-refractivity contribution in [2.24, 2.45) is 5.92 Å². The molecule has 5 rings (SSSR count). The molecular weight excluding hydrogens is 575 g/mol. The molecule has 0 radical (unpaired) electrons. The molecule has 0 bridgehead atoms. The highest BCUT2D eigenvalue weighted by Crippen LogP contribution is 2.34. The number of halogens is 2. The lowest BCUT2D eigenvalue weighted by Crippen LogP contribution is -2.47. The smallest absolute Gasteiger partial charge is 0.252 e. The van der Waals surface area contributed by atoms with Crippen molar-refractivity contribution in [3.05, 3.63) is 39.7 Å². The number of benzene rings is 1. The first kappa shape index (κ1) is 27.3. The third-order valence-electron chi connectivity index (χ3n) is 6.67. The maximum absolute atomic E-state index is 13.9. The van der Waals surface area contributed by atoms with Gasteiger partial charge in [0.2, 0.25) is 5.91 Å². The molecule has 1 unspecified atom stereocenters. The van der Waals surface area contributed by atoms with Crippen LogP contribution in [0.1, 0.15) is 19.3 Å². The van der Waals surface area contributed by atoms with Gasteiger partial charge in [0, 0.05) is 44.3 Å². The van der Waals surface area contributed by atoms with Crippen LogP contribution in [0.15, 0.2) is 34.5 Å². The normalized spacial score (nSPS) is 19.9.